The van der Waals surface area contributed by atoms with Gasteiger partial charge < -0.3 is 19.0 Å². The summed E-state index contributed by atoms with van der Waals surface area (Å²) in [5.74, 6) is 3.67. The number of nitrogens with zero attached hydrogens (tertiary/aromatic N) is 2. The molecule has 0 fully saturated rings. The highest BCUT2D eigenvalue weighted by Crippen LogP contribution is 2.21. The Morgan fingerprint density at radius 2 is 1.96 bits per heavy atom. The molecule has 0 saturated carbocycles. The average molecular weight is 313 g/mol. The SMILES string of the molecule is COc1ccc(-c2nc(CN[C@@H](C)c3ccc(C)o3)no2)cc1. The zero-order valence-corrected chi connectivity index (χ0v) is 13.4. The van der Waals surface area contributed by atoms with Crippen LogP contribution < -0.4 is 10.1 Å². The normalized spacial score (nSPS) is 12.3. The lowest BCUT2D eigenvalue weighted by molar-refractivity contribution is 0.397. The number of hydrogen-bond acceptors (Lipinski definition) is 6. The van der Waals surface area contributed by atoms with Crippen LogP contribution in [0.5, 0.6) is 5.75 Å². The van der Waals surface area contributed by atoms with Gasteiger partial charge in [0.2, 0.25) is 0 Å². The zero-order chi connectivity index (χ0) is 16.2. The van der Waals surface area contributed by atoms with E-state index < -0.39 is 0 Å². The van der Waals surface area contributed by atoms with Crippen LogP contribution in [0.4, 0.5) is 0 Å². The Labute approximate surface area is 134 Å². The summed E-state index contributed by atoms with van der Waals surface area (Å²) in [5.41, 5.74) is 0.860. The van der Waals surface area contributed by atoms with E-state index in [0.717, 1.165) is 22.8 Å². The predicted molar refractivity (Wildman–Crippen MR) is 85.0 cm³/mol. The van der Waals surface area contributed by atoms with Gasteiger partial charge >= 0.3 is 0 Å². The number of nitrogens with one attached hydrogen (secondary N) is 1. The van der Waals surface area contributed by atoms with Crippen LogP contribution in [-0.2, 0) is 6.54 Å². The van der Waals surface area contributed by atoms with Gasteiger partial charge in [0.05, 0.1) is 19.7 Å². The number of methoxy groups -OCH3 is 1. The van der Waals surface area contributed by atoms with Crippen molar-refractivity contribution in [1.29, 1.82) is 0 Å². The van der Waals surface area contributed by atoms with E-state index in [9.17, 15) is 0 Å². The van der Waals surface area contributed by atoms with Crippen LogP contribution >= 0.6 is 0 Å². The largest absolute Gasteiger partial charge is 0.497 e. The number of rotatable bonds is 6. The molecule has 1 atom stereocenters. The molecule has 6 nitrogen and oxygen atoms in total. The third-order valence-electron chi connectivity index (χ3n) is 3.56. The quantitative estimate of drug-likeness (QED) is 0.751. The van der Waals surface area contributed by atoms with Gasteiger partial charge in [0.15, 0.2) is 5.82 Å². The standard InChI is InChI=1S/C17H19N3O3/c1-11-4-9-15(22-11)12(2)18-10-16-19-17(23-20-16)13-5-7-14(21-3)8-6-13/h4-9,12,18H,10H2,1-3H3/t12-/m0/s1. The zero-order valence-electron chi connectivity index (χ0n) is 13.4. The molecule has 0 aliphatic rings. The molecule has 0 radical (unpaired) electrons. The van der Waals surface area contributed by atoms with Gasteiger partial charge in [-0.15, -0.1) is 0 Å². The number of benzene rings is 1. The summed E-state index contributed by atoms with van der Waals surface area (Å²) in [6.07, 6.45) is 0. The van der Waals surface area contributed by atoms with Gasteiger partial charge in [-0.2, -0.15) is 4.98 Å². The molecule has 2 aromatic heterocycles. The monoisotopic (exact) mass is 313 g/mol. The highest BCUT2D eigenvalue weighted by molar-refractivity contribution is 5.54. The lowest BCUT2D eigenvalue weighted by Crippen LogP contribution is -2.18. The third kappa shape index (κ3) is 3.60. The van der Waals surface area contributed by atoms with E-state index in [0.29, 0.717) is 18.3 Å². The van der Waals surface area contributed by atoms with Crippen LogP contribution in [0.3, 0.4) is 0 Å². The van der Waals surface area contributed by atoms with E-state index in [4.69, 9.17) is 13.7 Å². The highest BCUT2D eigenvalue weighted by atomic mass is 16.5. The first-order chi connectivity index (χ1) is 11.2. The van der Waals surface area contributed by atoms with E-state index in [1.807, 2.05) is 50.2 Å². The molecule has 0 aliphatic carbocycles. The predicted octanol–water partition coefficient (Wildman–Crippen LogP) is 3.50. The molecule has 0 unspecified atom stereocenters. The Kier molecular flexibility index (Phi) is 4.43. The Morgan fingerprint density at radius 1 is 1.17 bits per heavy atom. The summed E-state index contributed by atoms with van der Waals surface area (Å²) in [6, 6.07) is 11.5. The van der Waals surface area contributed by atoms with Gasteiger partial charge in [-0.1, -0.05) is 5.16 Å². The Balaban J connectivity index is 1.62. The van der Waals surface area contributed by atoms with Crippen molar-refractivity contribution in [1.82, 2.24) is 15.5 Å². The second-order valence-corrected chi connectivity index (χ2v) is 5.30. The molecule has 3 aromatic rings. The summed E-state index contributed by atoms with van der Waals surface area (Å²) in [7, 11) is 1.63. The first-order valence-corrected chi connectivity index (χ1v) is 7.42. The smallest absolute Gasteiger partial charge is 0.257 e. The van der Waals surface area contributed by atoms with Gasteiger partial charge in [0, 0.05) is 5.56 Å². The molecule has 0 aliphatic heterocycles. The van der Waals surface area contributed by atoms with E-state index in [1.54, 1.807) is 7.11 Å². The number of furan rings is 1. The summed E-state index contributed by atoms with van der Waals surface area (Å²) >= 11 is 0. The number of hydrogen-bond donors (Lipinski definition) is 1. The molecule has 1 aromatic carbocycles. The van der Waals surface area contributed by atoms with Crippen LogP contribution in [-0.4, -0.2) is 17.3 Å². The second-order valence-electron chi connectivity index (χ2n) is 5.30. The molecule has 23 heavy (non-hydrogen) atoms. The molecule has 0 amide bonds. The van der Waals surface area contributed by atoms with Crippen LogP contribution in [0.25, 0.3) is 11.5 Å². The van der Waals surface area contributed by atoms with E-state index >= 15 is 0 Å². The molecule has 2 heterocycles. The number of ether oxygens (including phenoxy) is 1. The van der Waals surface area contributed by atoms with Crippen molar-refractivity contribution in [2.24, 2.45) is 0 Å². The van der Waals surface area contributed by atoms with Crippen molar-refractivity contribution in [3.05, 3.63) is 53.7 Å². The van der Waals surface area contributed by atoms with Crippen LogP contribution in [0, 0.1) is 6.92 Å². The maximum Gasteiger partial charge on any atom is 0.257 e. The molecular formula is C17H19N3O3. The van der Waals surface area contributed by atoms with Crippen molar-refractivity contribution in [3.63, 3.8) is 0 Å². The summed E-state index contributed by atoms with van der Waals surface area (Å²) in [4.78, 5) is 4.40. The van der Waals surface area contributed by atoms with Gasteiger partial charge in [0.1, 0.15) is 17.3 Å². The maximum absolute atomic E-state index is 5.59. The van der Waals surface area contributed by atoms with Gasteiger partial charge in [-0.25, -0.2) is 0 Å². The molecule has 0 bridgehead atoms. The van der Waals surface area contributed by atoms with Crippen molar-refractivity contribution in [3.8, 4) is 17.2 Å². The molecule has 1 N–H and O–H groups in total. The van der Waals surface area contributed by atoms with Gasteiger partial charge in [-0.05, 0) is 50.2 Å². The highest BCUT2D eigenvalue weighted by Gasteiger charge is 2.12. The summed E-state index contributed by atoms with van der Waals surface area (Å²) in [6.45, 7) is 4.46. The average Bonchev–Trinajstić information content (AvgIpc) is 3.22. The van der Waals surface area contributed by atoms with Crippen molar-refractivity contribution in [2.45, 2.75) is 26.4 Å². The minimum atomic E-state index is 0.0756. The molecule has 6 heteroatoms. The lowest BCUT2D eigenvalue weighted by Gasteiger charge is -2.08. The number of aryl methyl sites for hydroxylation is 1. The first kappa shape index (κ1) is 15.3. The minimum Gasteiger partial charge on any atom is -0.497 e. The molecule has 0 saturated heterocycles. The fourth-order valence-electron chi connectivity index (χ4n) is 2.21. The lowest BCUT2D eigenvalue weighted by atomic mass is 10.2. The van der Waals surface area contributed by atoms with Crippen molar-refractivity contribution >= 4 is 0 Å². The van der Waals surface area contributed by atoms with E-state index in [2.05, 4.69) is 15.5 Å². The van der Waals surface area contributed by atoms with Crippen LogP contribution in [0.15, 0.2) is 45.3 Å². The topological polar surface area (TPSA) is 73.3 Å². The first-order valence-electron chi connectivity index (χ1n) is 7.42. The van der Waals surface area contributed by atoms with E-state index in [1.165, 1.54) is 0 Å². The minimum absolute atomic E-state index is 0.0756. The maximum atomic E-state index is 5.59. The van der Waals surface area contributed by atoms with Gasteiger partial charge in [-0.3, -0.25) is 0 Å². The van der Waals surface area contributed by atoms with E-state index in [-0.39, 0.29) is 6.04 Å². The van der Waals surface area contributed by atoms with Crippen LogP contribution in [0.1, 0.15) is 30.3 Å². The fraction of sp³-hybridized carbons (Fsp3) is 0.294. The third-order valence-corrected chi connectivity index (χ3v) is 3.56. The fourth-order valence-corrected chi connectivity index (χ4v) is 2.21. The van der Waals surface area contributed by atoms with Crippen molar-refractivity contribution in [2.75, 3.05) is 7.11 Å². The van der Waals surface area contributed by atoms with Crippen molar-refractivity contribution < 1.29 is 13.7 Å². The molecule has 0 spiro atoms. The number of aromatic nitrogens is 2. The van der Waals surface area contributed by atoms with Crippen LogP contribution in [0.2, 0.25) is 0 Å². The summed E-state index contributed by atoms with van der Waals surface area (Å²) in [5, 5.41) is 7.31. The molecule has 120 valence electrons. The molecular weight excluding hydrogens is 294 g/mol. The Bertz CT molecular complexity index is 761. The Hall–Kier alpha value is -2.60. The summed E-state index contributed by atoms with van der Waals surface area (Å²) < 4.78 is 16.0. The second kappa shape index (κ2) is 6.66. The van der Waals surface area contributed by atoms with Gasteiger partial charge in [0.25, 0.3) is 5.89 Å². The Morgan fingerprint density at radius 3 is 2.61 bits per heavy atom. The molecule has 3 rings (SSSR count).